The highest BCUT2D eigenvalue weighted by Crippen LogP contribution is 2.35. The molecule has 0 aliphatic carbocycles. The highest BCUT2D eigenvalue weighted by molar-refractivity contribution is 5.77. The number of rotatable bonds is 3. The monoisotopic (exact) mass is 300 g/mol. The number of hydrogen-bond acceptors (Lipinski definition) is 4. The van der Waals surface area contributed by atoms with E-state index in [4.69, 9.17) is 4.84 Å². The maximum absolute atomic E-state index is 11.5. The quantitative estimate of drug-likeness (QED) is 0.838. The standard InChI is InChI=1S/C15H16N4O3/c1-9(20)18-22-14-6-4-3-5-11(14)15-12-7-19(10(2)21)8-13(12)16-17-15/h3-6H,7-8H2,1-2H3,(H,16,17)(H,18,20). The van der Waals surface area contributed by atoms with Crippen molar-refractivity contribution in [1.82, 2.24) is 20.6 Å². The highest BCUT2D eigenvalue weighted by atomic mass is 16.7. The zero-order chi connectivity index (χ0) is 15.7. The molecule has 0 radical (unpaired) electrons. The molecule has 2 N–H and O–H groups in total. The lowest BCUT2D eigenvalue weighted by molar-refractivity contribution is -0.129. The molecular weight excluding hydrogens is 284 g/mol. The Hall–Kier alpha value is -2.83. The zero-order valence-corrected chi connectivity index (χ0v) is 12.3. The molecule has 1 aliphatic rings. The lowest BCUT2D eigenvalue weighted by atomic mass is 10.1. The van der Waals surface area contributed by atoms with Crippen LogP contribution in [0, 0.1) is 0 Å². The van der Waals surface area contributed by atoms with Gasteiger partial charge in [-0.3, -0.25) is 14.7 Å². The number of hydrogen-bond donors (Lipinski definition) is 2. The minimum absolute atomic E-state index is 0.0262. The second kappa shape index (κ2) is 5.51. The fourth-order valence-electron chi connectivity index (χ4n) is 2.46. The van der Waals surface area contributed by atoms with Gasteiger partial charge in [-0.1, -0.05) is 12.1 Å². The second-order valence-corrected chi connectivity index (χ2v) is 5.16. The van der Waals surface area contributed by atoms with Crippen LogP contribution in [-0.2, 0) is 22.7 Å². The average molecular weight is 300 g/mol. The van der Waals surface area contributed by atoms with Crippen molar-refractivity contribution < 1.29 is 14.4 Å². The molecule has 1 aliphatic heterocycles. The van der Waals surface area contributed by atoms with E-state index in [1.54, 1.807) is 17.9 Å². The third kappa shape index (κ3) is 2.52. The number of aromatic nitrogens is 2. The molecular formula is C15H16N4O3. The SMILES string of the molecule is CC(=O)NOc1ccccc1-c1n[nH]c2c1CN(C(C)=O)C2. The number of benzene rings is 1. The molecule has 7 nitrogen and oxygen atoms in total. The largest absolute Gasteiger partial charge is 0.379 e. The van der Waals surface area contributed by atoms with Crippen molar-refractivity contribution in [3.05, 3.63) is 35.5 Å². The number of H-pyrrole nitrogens is 1. The van der Waals surface area contributed by atoms with Crippen LogP contribution in [-0.4, -0.2) is 26.9 Å². The van der Waals surface area contributed by atoms with Gasteiger partial charge in [0.2, 0.25) is 11.8 Å². The number of carbonyl (C=O) groups excluding carboxylic acids is 2. The van der Waals surface area contributed by atoms with E-state index in [0.29, 0.717) is 18.8 Å². The fraction of sp³-hybridized carbons (Fsp3) is 0.267. The van der Waals surface area contributed by atoms with Crippen LogP contribution >= 0.6 is 0 Å². The van der Waals surface area contributed by atoms with Gasteiger partial charge in [-0.15, -0.1) is 0 Å². The number of nitrogens with zero attached hydrogens (tertiary/aromatic N) is 2. The minimum Gasteiger partial charge on any atom is -0.379 e. The number of aromatic amines is 1. The van der Waals surface area contributed by atoms with E-state index in [-0.39, 0.29) is 11.8 Å². The third-order valence-electron chi connectivity index (χ3n) is 3.54. The van der Waals surface area contributed by atoms with E-state index in [9.17, 15) is 9.59 Å². The minimum atomic E-state index is -0.287. The Labute approximate surface area is 127 Å². The fourth-order valence-corrected chi connectivity index (χ4v) is 2.46. The lowest BCUT2D eigenvalue weighted by Gasteiger charge is -2.13. The van der Waals surface area contributed by atoms with Crippen LogP contribution in [0.4, 0.5) is 0 Å². The summed E-state index contributed by atoms with van der Waals surface area (Å²) in [5.74, 6) is 0.247. The van der Waals surface area contributed by atoms with E-state index >= 15 is 0 Å². The number of para-hydroxylation sites is 1. The van der Waals surface area contributed by atoms with Crippen molar-refractivity contribution in [2.24, 2.45) is 0 Å². The summed E-state index contributed by atoms with van der Waals surface area (Å²) in [6.07, 6.45) is 0. The van der Waals surface area contributed by atoms with Crippen molar-refractivity contribution in [3.8, 4) is 17.0 Å². The maximum Gasteiger partial charge on any atom is 0.249 e. The van der Waals surface area contributed by atoms with Gasteiger partial charge >= 0.3 is 0 Å². The lowest BCUT2D eigenvalue weighted by Crippen LogP contribution is -2.24. The van der Waals surface area contributed by atoms with Gasteiger partial charge in [0.25, 0.3) is 0 Å². The van der Waals surface area contributed by atoms with Gasteiger partial charge in [-0.2, -0.15) is 10.6 Å². The molecule has 1 aromatic carbocycles. The molecule has 0 atom stereocenters. The summed E-state index contributed by atoms with van der Waals surface area (Å²) in [4.78, 5) is 29.6. The molecule has 114 valence electrons. The summed E-state index contributed by atoms with van der Waals surface area (Å²) in [6.45, 7) is 3.98. The Balaban J connectivity index is 1.94. The van der Waals surface area contributed by atoms with Crippen LogP contribution in [0.3, 0.4) is 0 Å². The van der Waals surface area contributed by atoms with Gasteiger partial charge in [0.05, 0.1) is 18.8 Å². The first-order valence-corrected chi connectivity index (χ1v) is 6.90. The van der Waals surface area contributed by atoms with Gasteiger partial charge in [-0.25, -0.2) is 0 Å². The molecule has 2 heterocycles. The van der Waals surface area contributed by atoms with Gasteiger partial charge in [0, 0.05) is 25.0 Å². The van der Waals surface area contributed by atoms with E-state index in [2.05, 4.69) is 15.7 Å². The molecule has 0 saturated carbocycles. The molecule has 2 amide bonds. The smallest absolute Gasteiger partial charge is 0.249 e. The molecule has 0 saturated heterocycles. The molecule has 7 heteroatoms. The summed E-state index contributed by atoms with van der Waals surface area (Å²) in [5.41, 5.74) is 5.73. The Morgan fingerprint density at radius 2 is 2.05 bits per heavy atom. The normalized spacial score (nSPS) is 12.9. The van der Waals surface area contributed by atoms with Gasteiger partial charge in [0.15, 0.2) is 5.75 Å². The molecule has 2 aromatic rings. The van der Waals surface area contributed by atoms with Crippen LogP contribution in [0.15, 0.2) is 24.3 Å². The first-order chi connectivity index (χ1) is 10.6. The molecule has 0 fully saturated rings. The topological polar surface area (TPSA) is 87.3 Å². The van der Waals surface area contributed by atoms with Crippen molar-refractivity contribution in [3.63, 3.8) is 0 Å². The number of nitrogens with one attached hydrogen (secondary N) is 2. The molecule has 0 spiro atoms. The zero-order valence-electron chi connectivity index (χ0n) is 12.3. The van der Waals surface area contributed by atoms with Gasteiger partial charge < -0.3 is 9.74 Å². The van der Waals surface area contributed by atoms with Crippen LogP contribution in [0.25, 0.3) is 11.3 Å². The van der Waals surface area contributed by atoms with Gasteiger partial charge in [0.1, 0.15) is 5.69 Å². The number of carbonyl (C=O) groups is 2. The summed E-state index contributed by atoms with van der Waals surface area (Å²) in [6, 6.07) is 7.30. The third-order valence-corrected chi connectivity index (χ3v) is 3.54. The molecule has 1 aromatic heterocycles. The van der Waals surface area contributed by atoms with Crippen LogP contribution in [0.2, 0.25) is 0 Å². The molecule has 3 rings (SSSR count). The van der Waals surface area contributed by atoms with E-state index in [0.717, 1.165) is 22.5 Å². The van der Waals surface area contributed by atoms with Crippen molar-refractivity contribution in [2.75, 3.05) is 0 Å². The van der Waals surface area contributed by atoms with E-state index in [1.807, 2.05) is 18.2 Å². The predicted octanol–water partition coefficient (Wildman–Crippen LogP) is 1.37. The molecule has 22 heavy (non-hydrogen) atoms. The number of amides is 2. The summed E-state index contributed by atoms with van der Waals surface area (Å²) >= 11 is 0. The Morgan fingerprint density at radius 1 is 1.27 bits per heavy atom. The second-order valence-electron chi connectivity index (χ2n) is 5.16. The highest BCUT2D eigenvalue weighted by Gasteiger charge is 2.27. The summed E-state index contributed by atoms with van der Waals surface area (Å²) < 4.78 is 0. The summed E-state index contributed by atoms with van der Waals surface area (Å²) in [7, 11) is 0. The first kappa shape index (κ1) is 14.1. The Bertz CT molecular complexity index is 738. The van der Waals surface area contributed by atoms with Crippen molar-refractivity contribution in [2.45, 2.75) is 26.9 Å². The maximum atomic E-state index is 11.5. The predicted molar refractivity (Wildman–Crippen MR) is 78.4 cm³/mol. The van der Waals surface area contributed by atoms with Gasteiger partial charge in [-0.05, 0) is 12.1 Å². The number of fused-ring (bicyclic) bond motifs is 1. The molecule has 0 bridgehead atoms. The van der Waals surface area contributed by atoms with E-state index < -0.39 is 0 Å². The Morgan fingerprint density at radius 3 is 2.77 bits per heavy atom. The van der Waals surface area contributed by atoms with E-state index in [1.165, 1.54) is 6.92 Å². The molecule has 0 unspecified atom stereocenters. The van der Waals surface area contributed by atoms with Crippen LogP contribution in [0.5, 0.6) is 5.75 Å². The van der Waals surface area contributed by atoms with Crippen molar-refractivity contribution >= 4 is 11.8 Å². The number of hydroxylamine groups is 1. The van der Waals surface area contributed by atoms with Crippen LogP contribution in [0.1, 0.15) is 25.1 Å². The first-order valence-electron chi connectivity index (χ1n) is 6.90. The average Bonchev–Trinajstić information content (AvgIpc) is 3.05. The van der Waals surface area contributed by atoms with Crippen molar-refractivity contribution in [1.29, 1.82) is 0 Å². The Kier molecular flexibility index (Phi) is 3.54. The van der Waals surface area contributed by atoms with Crippen LogP contribution < -0.4 is 10.3 Å². The summed E-state index contributed by atoms with van der Waals surface area (Å²) in [5, 5.41) is 7.31.